The molecule has 8 heteroatoms. The second-order valence-electron chi connectivity index (χ2n) is 8.52. The van der Waals surface area contributed by atoms with Crippen molar-refractivity contribution >= 4 is 18.0 Å². The molecule has 2 amide bonds. The summed E-state index contributed by atoms with van der Waals surface area (Å²) in [7, 11) is 0. The molecule has 0 saturated heterocycles. The maximum Gasteiger partial charge on any atom is 0.407 e. The Labute approximate surface area is 192 Å². The largest absolute Gasteiger partial charge is 0.479 e. The van der Waals surface area contributed by atoms with Crippen LogP contribution < -0.4 is 10.8 Å². The molecule has 8 nitrogen and oxygen atoms in total. The van der Waals surface area contributed by atoms with Crippen LogP contribution in [0.4, 0.5) is 4.79 Å². The lowest BCUT2D eigenvalue weighted by molar-refractivity contribution is -0.162. The number of amides is 2. The summed E-state index contributed by atoms with van der Waals surface area (Å²) in [6.07, 6.45) is 0.366. The second kappa shape index (κ2) is 10.0. The zero-order valence-corrected chi connectivity index (χ0v) is 18.5. The van der Waals surface area contributed by atoms with Crippen LogP contribution in [0.5, 0.6) is 0 Å². The molecule has 1 fully saturated rings. The first kappa shape index (κ1) is 22.8. The van der Waals surface area contributed by atoms with Gasteiger partial charge < -0.3 is 15.2 Å². The molecule has 4 rings (SSSR count). The molecule has 0 radical (unpaired) electrons. The Morgan fingerprint density at radius 2 is 1.64 bits per heavy atom. The van der Waals surface area contributed by atoms with E-state index in [4.69, 9.17) is 14.7 Å². The average molecular weight is 453 g/mol. The van der Waals surface area contributed by atoms with Crippen molar-refractivity contribution in [2.75, 3.05) is 6.61 Å². The van der Waals surface area contributed by atoms with Crippen molar-refractivity contribution in [2.24, 2.45) is 5.92 Å². The highest BCUT2D eigenvalue weighted by Gasteiger charge is 2.38. The number of carbonyl (C=O) groups is 3. The minimum absolute atomic E-state index is 0.0439. The predicted octanol–water partition coefficient (Wildman–Crippen LogP) is 3.60. The van der Waals surface area contributed by atoms with Crippen molar-refractivity contribution in [3.05, 3.63) is 59.7 Å². The molecule has 2 aromatic rings. The lowest BCUT2D eigenvalue weighted by Crippen LogP contribution is -2.41. The fourth-order valence-electron chi connectivity index (χ4n) is 4.25. The molecular weight excluding hydrogens is 424 g/mol. The second-order valence-corrected chi connectivity index (χ2v) is 8.52. The van der Waals surface area contributed by atoms with Gasteiger partial charge >= 0.3 is 12.1 Å². The molecule has 0 bridgehead atoms. The number of aliphatic carboxylic acids is 1. The molecule has 174 valence electrons. The number of hydrogen-bond acceptors (Lipinski definition) is 5. The summed E-state index contributed by atoms with van der Waals surface area (Å²) in [6, 6.07) is 15.7. The molecule has 3 N–H and O–H groups in total. The normalized spacial score (nSPS) is 16.3. The van der Waals surface area contributed by atoms with Crippen LogP contribution in [0.2, 0.25) is 0 Å². The fourth-order valence-corrected chi connectivity index (χ4v) is 4.25. The van der Waals surface area contributed by atoms with Gasteiger partial charge in [-0.2, -0.15) is 0 Å². The third-order valence-corrected chi connectivity index (χ3v) is 6.18. The molecule has 0 aliphatic heterocycles. The third-order valence-electron chi connectivity index (χ3n) is 6.18. The van der Waals surface area contributed by atoms with Gasteiger partial charge in [0, 0.05) is 18.4 Å². The Hall–Kier alpha value is -3.39. The average Bonchev–Trinajstić information content (AvgIpc) is 3.59. The quantitative estimate of drug-likeness (QED) is 0.475. The summed E-state index contributed by atoms with van der Waals surface area (Å²) >= 11 is 0. The minimum Gasteiger partial charge on any atom is -0.479 e. The van der Waals surface area contributed by atoms with Gasteiger partial charge in [-0.15, -0.1) is 0 Å². The maximum absolute atomic E-state index is 12.5. The van der Waals surface area contributed by atoms with Gasteiger partial charge in [-0.05, 0) is 47.4 Å². The Balaban J connectivity index is 1.28. The van der Waals surface area contributed by atoms with Crippen LogP contribution in [0.25, 0.3) is 11.1 Å². The first-order valence-corrected chi connectivity index (χ1v) is 11.3. The van der Waals surface area contributed by atoms with E-state index in [0.717, 1.165) is 35.1 Å². The number of benzene rings is 2. The summed E-state index contributed by atoms with van der Waals surface area (Å²) in [4.78, 5) is 40.9. The van der Waals surface area contributed by atoms with E-state index < -0.39 is 30.1 Å². The molecular formula is C25H28N2O6. The highest BCUT2D eigenvalue weighted by Crippen LogP contribution is 2.44. The number of fused-ring (bicyclic) bond motifs is 3. The molecule has 1 saturated carbocycles. The predicted molar refractivity (Wildman–Crippen MR) is 120 cm³/mol. The number of hydroxylamine groups is 1. The van der Waals surface area contributed by atoms with E-state index in [2.05, 4.69) is 22.9 Å². The summed E-state index contributed by atoms with van der Waals surface area (Å²) in [5, 5.41) is 11.9. The summed E-state index contributed by atoms with van der Waals surface area (Å²) in [5.74, 6) is -1.70. The van der Waals surface area contributed by atoms with Crippen LogP contribution in [-0.2, 0) is 19.2 Å². The van der Waals surface area contributed by atoms with Gasteiger partial charge in [0.1, 0.15) is 6.61 Å². The minimum atomic E-state index is -1.10. The molecule has 2 atom stereocenters. The molecule has 0 aromatic heterocycles. The van der Waals surface area contributed by atoms with Crippen molar-refractivity contribution < 1.29 is 29.1 Å². The third kappa shape index (κ3) is 5.34. The van der Waals surface area contributed by atoms with Crippen molar-refractivity contribution in [1.82, 2.24) is 10.8 Å². The summed E-state index contributed by atoms with van der Waals surface area (Å²) in [6.45, 7) is 2.03. The van der Waals surface area contributed by atoms with Crippen LogP contribution >= 0.6 is 0 Å². The maximum atomic E-state index is 12.5. The van der Waals surface area contributed by atoms with E-state index in [-0.39, 0.29) is 24.9 Å². The monoisotopic (exact) mass is 452 g/mol. The van der Waals surface area contributed by atoms with Crippen LogP contribution in [-0.4, -0.2) is 41.8 Å². The van der Waals surface area contributed by atoms with E-state index in [0.29, 0.717) is 6.42 Å². The van der Waals surface area contributed by atoms with Crippen LogP contribution in [0, 0.1) is 5.92 Å². The number of ether oxygens (including phenoxy) is 1. The topological polar surface area (TPSA) is 114 Å². The number of rotatable bonds is 10. The lowest BCUT2D eigenvalue weighted by atomic mass is 9.98. The molecule has 0 heterocycles. The van der Waals surface area contributed by atoms with Gasteiger partial charge in [0.2, 0.25) is 5.91 Å². The Morgan fingerprint density at radius 3 is 2.18 bits per heavy atom. The first-order valence-electron chi connectivity index (χ1n) is 11.3. The molecule has 2 aliphatic carbocycles. The van der Waals surface area contributed by atoms with E-state index >= 15 is 0 Å². The van der Waals surface area contributed by atoms with Gasteiger partial charge in [0.05, 0.1) is 0 Å². The number of alkyl carbamates (subject to hydrolysis) is 1. The highest BCUT2D eigenvalue weighted by atomic mass is 16.7. The summed E-state index contributed by atoms with van der Waals surface area (Å²) in [5.41, 5.74) is 6.76. The fraction of sp³-hybridized carbons (Fsp3) is 0.400. The highest BCUT2D eigenvalue weighted by molar-refractivity contribution is 5.79. The number of carbonyl (C=O) groups excluding carboxylic acids is 2. The number of carboxylic acids is 1. The lowest BCUT2D eigenvalue weighted by Gasteiger charge is -2.19. The molecule has 2 aliphatic rings. The Kier molecular flexibility index (Phi) is 6.93. The zero-order chi connectivity index (χ0) is 23.4. The molecule has 0 spiro atoms. The number of carboxylic acid groups (broad SMARTS) is 1. The number of nitrogens with one attached hydrogen (secondary N) is 2. The van der Waals surface area contributed by atoms with E-state index in [1.807, 2.05) is 43.3 Å². The van der Waals surface area contributed by atoms with Crippen LogP contribution in [0.3, 0.4) is 0 Å². The van der Waals surface area contributed by atoms with Gasteiger partial charge in [0.25, 0.3) is 0 Å². The van der Waals surface area contributed by atoms with Gasteiger partial charge in [-0.3, -0.25) is 9.63 Å². The van der Waals surface area contributed by atoms with Crippen LogP contribution in [0.15, 0.2) is 48.5 Å². The Morgan fingerprint density at radius 1 is 1.03 bits per heavy atom. The van der Waals surface area contributed by atoms with Gasteiger partial charge in [0.15, 0.2) is 6.10 Å². The first-order chi connectivity index (χ1) is 16.0. The van der Waals surface area contributed by atoms with Crippen LogP contribution in [0.1, 0.15) is 49.7 Å². The van der Waals surface area contributed by atoms with E-state index in [1.54, 1.807) is 0 Å². The smallest absolute Gasteiger partial charge is 0.407 e. The molecule has 2 aromatic carbocycles. The number of hydrogen-bond donors (Lipinski definition) is 3. The SMILES string of the molecule is CC[C@@H](CC(=O)NOC(C(=O)O)C1CC1)NC(=O)OCC1c2ccccc2-c2ccccc21. The standard InChI is InChI=1S/C25H28N2O6/c1-2-16(13-22(28)27-33-23(24(29)30)15-11-12-15)26-25(31)32-14-21-19-9-5-3-7-17(19)18-8-4-6-10-20(18)21/h3-10,15-16,21,23H,2,11-14H2,1H3,(H,26,31)(H,27,28)(H,29,30)/t16-,23?/m0/s1. The molecule has 1 unspecified atom stereocenters. The van der Waals surface area contributed by atoms with E-state index in [1.165, 1.54) is 0 Å². The van der Waals surface area contributed by atoms with Crippen molar-refractivity contribution in [3.63, 3.8) is 0 Å². The van der Waals surface area contributed by atoms with Crippen molar-refractivity contribution in [1.29, 1.82) is 0 Å². The van der Waals surface area contributed by atoms with Gasteiger partial charge in [-0.1, -0.05) is 55.5 Å². The zero-order valence-electron chi connectivity index (χ0n) is 18.5. The van der Waals surface area contributed by atoms with Gasteiger partial charge in [-0.25, -0.2) is 15.1 Å². The summed E-state index contributed by atoms with van der Waals surface area (Å²) < 4.78 is 5.53. The van der Waals surface area contributed by atoms with E-state index in [9.17, 15) is 14.4 Å². The van der Waals surface area contributed by atoms with Crippen molar-refractivity contribution in [2.45, 2.75) is 50.7 Å². The van der Waals surface area contributed by atoms with Crippen molar-refractivity contribution in [3.8, 4) is 11.1 Å². The molecule has 33 heavy (non-hydrogen) atoms. The Bertz CT molecular complexity index is 990.